The van der Waals surface area contributed by atoms with Gasteiger partial charge in [0.05, 0.1) is 0 Å². The van der Waals surface area contributed by atoms with Gasteiger partial charge in [0, 0.05) is 17.3 Å². The Labute approximate surface area is 155 Å². The van der Waals surface area contributed by atoms with Gasteiger partial charge in [0.1, 0.15) is 0 Å². The van der Waals surface area contributed by atoms with E-state index in [-0.39, 0.29) is 0 Å². The molecule has 6 unspecified atom stereocenters. The van der Waals surface area contributed by atoms with E-state index < -0.39 is 0 Å². The van der Waals surface area contributed by atoms with Crippen LogP contribution in [0.15, 0.2) is 0 Å². The van der Waals surface area contributed by atoms with Crippen molar-refractivity contribution in [2.24, 2.45) is 10.8 Å². The topological polar surface area (TPSA) is 0 Å². The quantitative estimate of drug-likeness (QED) is 0.315. The van der Waals surface area contributed by atoms with Crippen molar-refractivity contribution >= 4 is 63.7 Å². The van der Waals surface area contributed by atoms with E-state index in [0.29, 0.717) is 28.1 Å². The summed E-state index contributed by atoms with van der Waals surface area (Å²) in [6.07, 6.45) is 13.9. The summed E-state index contributed by atoms with van der Waals surface area (Å²) in [6.45, 7) is 0. The highest BCUT2D eigenvalue weighted by molar-refractivity contribution is 9.13. The molecule has 5 saturated carbocycles. The highest BCUT2D eigenvalue weighted by Crippen LogP contribution is 2.93. The van der Waals surface area contributed by atoms with Crippen LogP contribution in [0.1, 0.15) is 64.2 Å². The van der Waals surface area contributed by atoms with Gasteiger partial charge in [0.15, 0.2) is 0 Å². The van der Waals surface area contributed by atoms with E-state index in [9.17, 15) is 0 Å². The molecule has 0 aromatic heterocycles. The maximum absolute atomic E-state index is 4.35. The summed E-state index contributed by atoms with van der Waals surface area (Å²) >= 11 is 17.0. The molecule has 4 heteroatoms. The van der Waals surface area contributed by atoms with Crippen molar-refractivity contribution in [1.29, 1.82) is 0 Å². The van der Waals surface area contributed by atoms with Gasteiger partial charge in [-0.1, -0.05) is 76.6 Å². The summed E-state index contributed by atoms with van der Waals surface area (Å²) in [5, 5.41) is 0. The van der Waals surface area contributed by atoms with Crippen molar-refractivity contribution in [3.63, 3.8) is 0 Å². The van der Waals surface area contributed by atoms with Crippen LogP contribution < -0.4 is 0 Å². The summed E-state index contributed by atoms with van der Waals surface area (Å²) < 4.78 is 1.49. The van der Waals surface area contributed by atoms with Gasteiger partial charge in [-0.05, 0) is 62.2 Å². The van der Waals surface area contributed by atoms with Gasteiger partial charge in [-0.2, -0.15) is 0 Å². The molecular formula is C16H20Br4. The minimum absolute atomic E-state index is 0.326. The molecule has 0 aliphatic heterocycles. The molecule has 0 N–H and O–H groups in total. The smallest absolute Gasteiger partial charge is 0.0492 e. The fourth-order valence-corrected chi connectivity index (χ4v) is 14.3. The maximum atomic E-state index is 4.35. The molecule has 0 heterocycles. The normalized spacial score (nSPS) is 70.2. The zero-order valence-corrected chi connectivity index (χ0v) is 17.9. The second-order valence-electron chi connectivity index (χ2n) is 8.48. The van der Waals surface area contributed by atoms with Gasteiger partial charge in [0.2, 0.25) is 0 Å². The number of fused-ring (bicyclic) bond motifs is 3. The van der Waals surface area contributed by atoms with Crippen LogP contribution in [0.5, 0.6) is 0 Å². The lowest BCUT2D eigenvalue weighted by Crippen LogP contribution is -2.78. The minimum Gasteiger partial charge on any atom is -0.0853 e. The number of hydrogen-bond acceptors (Lipinski definition) is 0. The first-order chi connectivity index (χ1) is 9.24. The van der Waals surface area contributed by atoms with E-state index in [0.717, 1.165) is 0 Å². The molecule has 4 bridgehead atoms. The predicted molar refractivity (Wildman–Crippen MR) is 97.7 cm³/mol. The van der Waals surface area contributed by atoms with Crippen molar-refractivity contribution < 1.29 is 0 Å². The fourth-order valence-electron chi connectivity index (χ4n) is 7.59. The van der Waals surface area contributed by atoms with Gasteiger partial charge in [0.25, 0.3) is 0 Å². The van der Waals surface area contributed by atoms with Gasteiger partial charge >= 0.3 is 0 Å². The molecule has 2 spiro atoms. The second-order valence-corrected chi connectivity index (χ2v) is 14.6. The molecule has 5 aliphatic carbocycles. The third kappa shape index (κ3) is 1.17. The van der Waals surface area contributed by atoms with E-state index in [2.05, 4.69) is 63.7 Å². The Kier molecular flexibility index (Phi) is 2.58. The van der Waals surface area contributed by atoms with E-state index in [1.807, 2.05) is 0 Å². The molecule has 5 aliphatic rings. The number of halogens is 4. The number of rotatable bonds is 0. The fraction of sp³-hybridized carbons (Fsp3) is 1.00. The first-order valence-electron chi connectivity index (χ1n) is 8.00. The molecular weight excluding hydrogens is 512 g/mol. The molecule has 20 heavy (non-hydrogen) atoms. The molecule has 112 valence electrons. The predicted octanol–water partition coefficient (Wildman–Crippen LogP) is 6.46. The Morgan fingerprint density at radius 2 is 0.900 bits per heavy atom. The standard InChI is InChI=1S/C16H20Br4/c17-11-3-1-5-13(7-11)14-6-2-4-12(18,8-14)10-16(14,20)15(13,19)9-11/h1-10H2. The summed E-state index contributed by atoms with van der Waals surface area (Å²) in [7, 11) is 0. The first-order valence-corrected chi connectivity index (χ1v) is 11.2. The molecule has 0 saturated heterocycles. The highest BCUT2D eigenvalue weighted by Gasteiger charge is 2.92. The Hall–Kier alpha value is 1.92. The van der Waals surface area contributed by atoms with Gasteiger partial charge in [-0.25, -0.2) is 0 Å². The second kappa shape index (κ2) is 3.61. The third-order valence-corrected chi connectivity index (χ3v) is 13.8. The van der Waals surface area contributed by atoms with Crippen LogP contribution in [0, 0.1) is 10.8 Å². The average molecular weight is 532 g/mol. The van der Waals surface area contributed by atoms with Gasteiger partial charge < -0.3 is 0 Å². The van der Waals surface area contributed by atoms with Crippen molar-refractivity contribution in [3.8, 4) is 0 Å². The third-order valence-electron chi connectivity index (χ3n) is 7.88. The van der Waals surface area contributed by atoms with Crippen LogP contribution >= 0.6 is 63.7 Å². The van der Waals surface area contributed by atoms with Crippen LogP contribution in [0.3, 0.4) is 0 Å². The molecule has 5 rings (SSSR count). The number of alkyl halides is 4. The minimum atomic E-state index is 0.326. The Balaban J connectivity index is 1.73. The van der Waals surface area contributed by atoms with Crippen molar-refractivity contribution in [1.82, 2.24) is 0 Å². The molecule has 0 radical (unpaired) electrons. The van der Waals surface area contributed by atoms with Crippen LogP contribution in [-0.2, 0) is 0 Å². The summed E-state index contributed by atoms with van der Waals surface area (Å²) in [4.78, 5) is 0. The molecule has 0 aromatic carbocycles. The van der Waals surface area contributed by atoms with E-state index in [4.69, 9.17) is 0 Å². The SMILES string of the molecule is BrC12CCCC3(C1)C(Br)(C2)C1(Br)CC2(Br)CCCC13C2. The molecule has 5 fully saturated rings. The maximum Gasteiger partial charge on any atom is 0.0492 e. The zero-order valence-electron chi connectivity index (χ0n) is 11.6. The van der Waals surface area contributed by atoms with Crippen molar-refractivity contribution in [2.75, 3.05) is 0 Å². The average Bonchev–Trinajstić information content (AvgIpc) is 2.61. The van der Waals surface area contributed by atoms with Crippen LogP contribution in [0.2, 0.25) is 0 Å². The van der Waals surface area contributed by atoms with Crippen LogP contribution in [0.25, 0.3) is 0 Å². The summed E-state index contributed by atoms with van der Waals surface area (Å²) in [5.74, 6) is 0. The molecule has 6 atom stereocenters. The van der Waals surface area contributed by atoms with Gasteiger partial charge in [-0.3, -0.25) is 0 Å². The monoisotopic (exact) mass is 528 g/mol. The lowest BCUT2D eigenvalue weighted by molar-refractivity contribution is -0.141. The van der Waals surface area contributed by atoms with Crippen molar-refractivity contribution in [2.45, 2.75) is 81.5 Å². The van der Waals surface area contributed by atoms with Crippen LogP contribution in [0.4, 0.5) is 0 Å². The van der Waals surface area contributed by atoms with E-state index in [1.165, 1.54) is 64.2 Å². The summed E-state index contributed by atoms with van der Waals surface area (Å²) in [5.41, 5.74) is 1.09. The van der Waals surface area contributed by atoms with Crippen LogP contribution in [-0.4, -0.2) is 17.3 Å². The van der Waals surface area contributed by atoms with E-state index in [1.54, 1.807) is 0 Å². The van der Waals surface area contributed by atoms with E-state index >= 15 is 0 Å². The molecule has 0 nitrogen and oxygen atoms in total. The largest absolute Gasteiger partial charge is 0.0853 e. The Morgan fingerprint density at radius 1 is 0.500 bits per heavy atom. The van der Waals surface area contributed by atoms with Gasteiger partial charge in [-0.15, -0.1) is 0 Å². The first kappa shape index (κ1) is 14.3. The number of hydrogen-bond donors (Lipinski definition) is 0. The Bertz CT molecular complexity index is 477. The highest BCUT2D eigenvalue weighted by atomic mass is 79.9. The Morgan fingerprint density at radius 3 is 1.30 bits per heavy atom. The summed E-state index contributed by atoms with van der Waals surface area (Å²) in [6, 6.07) is 0. The zero-order chi connectivity index (χ0) is 14.1. The lowest BCUT2D eigenvalue weighted by Gasteiger charge is -2.75. The lowest BCUT2D eigenvalue weighted by atomic mass is 9.37. The van der Waals surface area contributed by atoms with Crippen molar-refractivity contribution in [3.05, 3.63) is 0 Å². The molecule has 0 aromatic rings. The molecule has 0 amide bonds.